The van der Waals surface area contributed by atoms with Crippen LogP contribution in [0.4, 0.5) is 0 Å². The molecular formula is C13H21NO2S. The monoisotopic (exact) mass is 255 g/mol. The molecule has 0 aliphatic heterocycles. The molecule has 0 amide bonds. The van der Waals surface area contributed by atoms with Gasteiger partial charge in [0.2, 0.25) is 0 Å². The van der Waals surface area contributed by atoms with E-state index in [0.29, 0.717) is 13.1 Å². The topological polar surface area (TPSA) is 39.2 Å². The van der Waals surface area contributed by atoms with Crippen LogP contribution in [0, 0.1) is 5.92 Å². The van der Waals surface area contributed by atoms with Gasteiger partial charge in [0.15, 0.2) is 0 Å². The van der Waals surface area contributed by atoms with Crippen molar-refractivity contribution in [2.75, 3.05) is 6.61 Å². The fourth-order valence-corrected chi connectivity index (χ4v) is 2.66. The summed E-state index contributed by atoms with van der Waals surface area (Å²) >= 11 is 1.72. The second-order valence-electron chi connectivity index (χ2n) is 4.24. The molecule has 1 aromatic rings. The number of hydrogen-bond acceptors (Lipinski definition) is 4. The lowest BCUT2D eigenvalue weighted by atomic mass is 9.86. The van der Waals surface area contributed by atoms with Crippen LogP contribution in [-0.4, -0.2) is 18.1 Å². The average molecular weight is 255 g/mol. The van der Waals surface area contributed by atoms with Crippen molar-refractivity contribution in [3.63, 3.8) is 0 Å². The molecule has 0 spiro atoms. The number of hydrogen-bond donors (Lipinski definition) is 0. The van der Waals surface area contributed by atoms with Crippen LogP contribution >= 0.6 is 11.3 Å². The van der Waals surface area contributed by atoms with Crippen LogP contribution in [-0.2, 0) is 16.0 Å². The third-order valence-corrected chi connectivity index (χ3v) is 3.58. The second kappa shape index (κ2) is 9.16. The lowest BCUT2D eigenvalue weighted by Crippen LogP contribution is -2.09. The first-order valence-electron chi connectivity index (χ1n) is 6.29. The van der Waals surface area contributed by atoms with E-state index in [9.17, 15) is 4.79 Å². The third kappa shape index (κ3) is 6.41. The molecule has 1 fully saturated rings. The summed E-state index contributed by atoms with van der Waals surface area (Å²) in [5.74, 6) is 0.931. The van der Waals surface area contributed by atoms with Gasteiger partial charge in [-0.15, -0.1) is 11.3 Å². The Hall–Kier alpha value is -0.900. The Morgan fingerprint density at radius 3 is 2.71 bits per heavy atom. The Morgan fingerprint density at radius 2 is 2.24 bits per heavy atom. The first-order valence-corrected chi connectivity index (χ1v) is 7.23. The zero-order chi connectivity index (χ0) is 12.3. The minimum Gasteiger partial charge on any atom is -0.468 e. The van der Waals surface area contributed by atoms with Gasteiger partial charge in [-0.05, 0) is 19.3 Å². The van der Waals surface area contributed by atoms with Gasteiger partial charge < -0.3 is 4.74 Å². The molecule has 96 valence electrons. The highest BCUT2D eigenvalue weighted by molar-refractivity contribution is 7.07. The molecule has 1 aliphatic rings. The Morgan fingerprint density at radius 1 is 1.47 bits per heavy atom. The largest absolute Gasteiger partial charge is 0.468 e. The summed E-state index contributed by atoms with van der Waals surface area (Å²) in [6.45, 7) is 2.66. The number of carbonyl (C=O) groups excluding carboxylic acids is 1. The molecule has 0 aromatic carbocycles. The zero-order valence-electron chi connectivity index (χ0n) is 10.4. The smallest absolute Gasteiger partial charge is 0.293 e. The normalized spacial score (nSPS) is 15.8. The Labute approximate surface area is 107 Å². The lowest BCUT2D eigenvalue weighted by molar-refractivity contribution is -0.128. The van der Waals surface area contributed by atoms with E-state index in [4.69, 9.17) is 0 Å². The highest BCUT2D eigenvalue weighted by atomic mass is 32.1. The van der Waals surface area contributed by atoms with Crippen LogP contribution in [0.2, 0.25) is 0 Å². The molecule has 0 N–H and O–H groups in total. The standard InChI is InChI=1S/C10H15NS.C3H6O2/c1-2-4-9(5-3-1)6-10-7-12-8-11-10;1-2-5-3-4/h7-9H,1-6H2;3H,2H2,1H3. The van der Waals surface area contributed by atoms with E-state index in [0.717, 1.165) is 5.92 Å². The molecule has 0 bridgehead atoms. The van der Waals surface area contributed by atoms with Crippen molar-refractivity contribution in [2.45, 2.75) is 45.4 Å². The fraction of sp³-hybridized carbons (Fsp3) is 0.692. The summed E-state index contributed by atoms with van der Waals surface area (Å²) in [5.41, 5.74) is 3.25. The first kappa shape index (κ1) is 14.2. The van der Waals surface area contributed by atoms with Crippen LogP contribution in [0.5, 0.6) is 0 Å². The molecule has 0 saturated heterocycles. The van der Waals surface area contributed by atoms with Gasteiger partial charge in [0, 0.05) is 5.38 Å². The van der Waals surface area contributed by atoms with Crippen molar-refractivity contribution in [2.24, 2.45) is 5.92 Å². The van der Waals surface area contributed by atoms with E-state index >= 15 is 0 Å². The number of ether oxygens (including phenoxy) is 1. The predicted octanol–water partition coefficient (Wildman–Crippen LogP) is 3.45. The molecular weight excluding hydrogens is 234 g/mol. The van der Waals surface area contributed by atoms with E-state index in [1.54, 1.807) is 18.3 Å². The van der Waals surface area contributed by atoms with Crippen LogP contribution in [0.25, 0.3) is 0 Å². The molecule has 1 aliphatic carbocycles. The maximum Gasteiger partial charge on any atom is 0.293 e. The highest BCUT2D eigenvalue weighted by Gasteiger charge is 2.14. The quantitative estimate of drug-likeness (QED) is 0.774. The van der Waals surface area contributed by atoms with Crippen molar-refractivity contribution in [1.82, 2.24) is 4.98 Å². The summed E-state index contributed by atoms with van der Waals surface area (Å²) < 4.78 is 4.15. The summed E-state index contributed by atoms with van der Waals surface area (Å²) in [6, 6.07) is 0. The van der Waals surface area contributed by atoms with Crippen molar-refractivity contribution in [1.29, 1.82) is 0 Å². The number of carbonyl (C=O) groups is 1. The van der Waals surface area contributed by atoms with Crippen LogP contribution in [0.1, 0.15) is 44.7 Å². The van der Waals surface area contributed by atoms with Crippen molar-refractivity contribution >= 4 is 17.8 Å². The average Bonchev–Trinajstić information content (AvgIpc) is 2.85. The molecule has 2 rings (SSSR count). The van der Waals surface area contributed by atoms with Crippen LogP contribution in [0.15, 0.2) is 10.9 Å². The van der Waals surface area contributed by atoms with Crippen molar-refractivity contribution < 1.29 is 9.53 Å². The van der Waals surface area contributed by atoms with E-state index in [1.165, 1.54) is 44.2 Å². The molecule has 0 atom stereocenters. The molecule has 3 nitrogen and oxygen atoms in total. The van der Waals surface area contributed by atoms with Gasteiger partial charge >= 0.3 is 0 Å². The molecule has 0 radical (unpaired) electrons. The highest BCUT2D eigenvalue weighted by Crippen LogP contribution is 2.26. The summed E-state index contributed by atoms with van der Waals surface area (Å²) in [6.07, 6.45) is 8.41. The first-order chi connectivity index (χ1) is 8.36. The van der Waals surface area contributed by atoms with Gasteiger partial charge in [0.05, 0.1) is 17.8 Å². The molecule has 1 heterocycles. The molecule has 1 aromatic heterocycles. The summed E-state index contributed by atoms with van der Waals surface area (Å²) in [7, 11) is 0. The zero-order valence-corrected chi connectivity index (χ0v) is 11.2. The lowest BCUT2D eigenvalue weighted by Gasteiger charge is -2.20. The molecule has 1 saturated carbocycles. The van der Waals surface area contributed by atoms with E-state index in [-0.39, 0.29) is 0 Å². The van der Waals surface area contributed by atoms with E-state index in [2.05, 4.69) is 15.1 Å². The van der Waals surface area contributed by atoms with Crippen LogP contribution in [0.3, 0.4) is 0 Å². The van der Waals surface area contributed by atoms with Gasteiger partial charge in [-0.25, -0.2) is 4.98 Å². The van der Waals surface area contributed by atoms with Gasteiger partial charge in [0.25, 0.3) is 6.47 Å². The summed E-state index contributed by atoms with van der Waals surface area (Å²) in [5, 5.41) is 2.19. The third-order valence-electron chi connectivity index (χ3n) is 2.94. The Balaban J connectivity index is 0.000000249. The molecule has 17 heavy (non-hydrogen) atoms. The molecule has 0 unspecified atom stereocenters. The molecule has 4 heteroatoms. The number of nitrogens with zero attached hydrogens (tertiary/aromatic N) is 1. The fourth-order valence-electron chi connectivity index (χ4n) is 2.09. The Bertz CT molecular complexity index is 282. The predicted molar refractivity (Wildman–Crippen MR) is 70.1 cm³/mol. The van der Waals surface area contributed by atoms with Gasteiger partial charge in [-0.1, -0.05) is 32.1 Å². The summed E-state index contributed by atoms with van der Waals surface area (Å²) in [4.78, 5) is 13.5. The van der Waals surface area contributed by atoms with Crippen molar-refractivity contribution in [3.05, 3.63) is 16.6 Å². The van der Waals surface area contributed by atoms with Crippen LogP contribution < -0.4 is 0 Å². The van der Waals surface area contributed by atoms with Gasteiger partial charge in [0.1, 0.15) is 0 Å². The Kier molecular flexibility index (Phi) is 7.63. The van der Waals surface area contributed by atoms with Gasteiger partial charge in [-0.3, -0.25) is 4.79 Å². The maximum absolute atomic E-state index is 9.18. The second-order valence-corrected chi connectivity index (χ2v) is 4.96. The number of thiazole rings is 1. The minimum absolute atomic E-state index is 0.431. The SMILES string of the molecule is CCOC=O.c1nc(CC2CCCCC2)cs1. The number of rotatable bonds is 4. The van der Waals surface area contributed by atoms with E-state index < -0.39 is 0 Å². The van der Waals surface area contributed by atoms with E-state index in [1.807, 2.05) is 5.51 Å². The van der Waals surface area contributed by atoms with Gasteiger partial charge in [-0.2, -0.15) is 0 Å². The minimum atomic E-state index is 0.431. The van der Waals surface area contributed by atoms with Crippen molar-refractivity contribution in [3.8, 4) is 0 Å². The maximum atomic E-state index is 9.18. The number of aromatic nitrogens is 1.